The van der Waals surface area contributed by atoms with Crippen LogP contribution in [0.3, 0.4) is 0 Å². The lowest BCUT2D eigenvalue weighted by Gasteiger charge is -2.20. The minimum Gasteiger partial charge on any atom is -0.395 e. The summed E-state index contributed by atoms with van der Waals surface area (Å²) >= 11 is 0. The lowest BCUT2D eigenvalue weighted by molar-refractivity contribution is 0.197. The number of amidine groups is 1. The van der Waals surface area contributed by atoms with E-state index in [-0.39, 0.29) is 12.4 Å². The standard InChI is InChI=1S/C9H21N3O/c1-2-3-5-12(7-8-13)6-4-9(10)11/h13H,2-8H2,1H3,(H3,10,11). The largest absolute Gasteiger partial charge is 0.395 e. The van der Waals surface area contributed by atoms with Crippen LogP contribution in [0.25, 0.3) is 0 Å². The van der Waals surface area contributed by atoms with Crippen LogP contribution in [0.1, 0.15) is 26.2 Å². The first-order valence-corrected chi connectivity index (χ1v) is 4.86. The van der Waals surface area contributed by atoms with Gasteiger partial charge in [0.05, 0.1) is 12.4 Å². The summed E-state index contributed by atoms with van der Waals surface area (Å²) in [7, 11) is 0. The minimum absolute atomic E-state index is 0.182. The molecule has 13 heavy (non-hydrogen) atoms. The van der Waals surface area contributed by atoms with Crippen molar-refractivity contribution in [1.29, 1.82) is 5.41 Å². The molecule has 0 aromatic rings. The normalized spacial score (nSPS) is 10.7. The summed E-state index contributed by atoms with van der Waals surface area (Å²) in [5.41, 5.74) is 5.26. The Kier molecular flexibility index (Phi) is 7.63. The first-order valence-electron chi connectivity index (χ1n) is 4.86. The maximum absolute atomic E-state index is 8.77. The summed E-state index contributed by atoms with van der Waals surface area (Å²) in [6, 6.07) is 0. The summed E-state index contributed by atoms with van der Waals surface area (Å²) < 4.78 is 0. The van der Waals surface area contributed by atoms with Crippen LogP contribution >= 0.6 is 0 Å². The van der Waals surface area contributed by atoms with Gasteiger partial charge in [0.15, 0.2) is 0 Å². The Labute approximate surface area is 80.2 Å². The number of rotatable bonds is 8. The Bertz CT molecular complexity index is 139. The van der Waals surface area contributed by atoms with Gasteiger partial charge in [-0.1, -0.05) is 13.3 Å². The molecule has 4 heteroatoms. The Morgan fingerprint density at radius 2 is 2.08 bits per heavy atom. The second-order valence-corrected chi connectivity index (χ2v) is 3.19. The van der Waals surface area contributed by atoms with Gasteiger partial charge in [0.25, 0.3) is 0 Å². The zero-order valence-corrected chi connectivity index (χ0v) is 8.42. The topological polar surface area (TPSA) is 73.3 Å². The van der Waals surface area contributed by atoms with Crippen LogP contribution in [0.2, 0.25) is 0 Å². The fourth-order valence-electron chi connectivity index (χ4n) is 1.14. The predicted molar refractivity (Wildman–Crippen MR) is 55.0 cm³/mol. The van der Waals surface area contributed by atoms with Crippen LogP contribution in [0.15, 0.2) is 0 Å². The molecule has 0 aliphatic heterocycles. The molecule has 78 valence electrons. The van der Waals surface area contributed by atoms with Crippen molar-refractivity contribution < 1.29 is 5.11 Å². The van der Waals surface area contributed by atoms with Crippen molar-refractivity contribution in [3.05, 3.63) is 0 Å². The number of nitrogens with one attached hydrogen (secondary N) is 1. The van der Waals surface area contributed by atoms with Crippen LogP contribution in [-0.2, 0) is 0 Å². The average molecular weight is 187 g/mol. The average Bonchev–Trinajstić information content (AvgIpc) is 2.09. The van der Waals surface area contributed by atoms with Gasteiger partial charge in [-0.25, -0.2) is 0 Å². The summed E-state index contributed by atoms with van der Waals surface area (Å²) in [6.45, 7) is 4.79. The van der Waals surface area contributed by atoms with E-state index in [0.717, 1.165) is 25.9 Å². The third-order valence-corrected chi connectivity index (χ3v) is 1.94. The van der Waals surface area contributed by atoms with E-state index in [2.05, 4.69) is 11.8 Å². The maximum Gasteiger partial charge on any atom is 0.0918 e. The van der Waals surface area contributed by atoms with Gasteiger partial charge in [0.2, 0.25) is 0 Å². The molecule has 0 fully saturated rings. The van der Waals surface area contributed by atoms with Crippen LogP contribution in [0.5, 0.6) is 0 Å². The molecule has 0 saturated carbocycles. The molecule has 0 amide bonds. The quantitative estimate of drug-likeness (QED) is 0.380. The molecule has 0 aliphatic carbocycles. The zero-order valence-electron chi connectivity index (χ0n) is 8.42. The van der Waals surface area contributed by atoms with Gasteiger partial charge in [-0.05, 0) is 13.0 Å². The van der Waals surface area contributed by atoms with Gasteiger partial charge < -0.3 is 15.7 Å². The lowest BCUT2D eigenvalue weighted by Crippen LogP contribution is -2.31. The molecular weight excluding hydrogens is 166 g/mol. The Hall–Kier alpha value is -0.610. The lowest BCUT2D eigenvalue weighted by atomic mass is 10.3. The van der Waals surface area contributed by atoms with E-state index in [0.29, 0.717) is 13.0 Å². The Morgan fingerprint density at radius 3 is 2.54 bits per heavy atom. The molecule has 0 aromatic heterocycles. The number of unbranched alkanes of at least 4 members (excludes halogenated alkanes) is 1. The van der Waals surface area contributed by atoms with E-state index in [9.17, 15) is 0 Å². The van der Waals surface area contributed by atoms with Crippen LogP contribution < -0.4 is 5.73 Å². The summed E-state index contributed by atoms with van der Waals surface area (Å²) in [5.74, 6) is 0.222. The van der Waals surface area contributed by atoms with E-state index in [1.54, 1.807) is 0 Å². The Balaban J connectivity index is 3.59. The molecule has 0 aromatic carbocycles. The highest BCUT2D eigenvalue weighted by atomic mass is 16.3. The third kappa shape index (κ3) is 7.74. The van der Waals surface area contributed by atoms with Crippen molar-refractivity contribution in [2.45, 2.75) is 26.2 Å². The molecule has 0 rings (SSSR count). The van der Waals surface area contributed by atoms with E-state index in [1.807, 2.05) is 0 Å². The molecule has 0 unspecified atom stereocenters. The fourth-order valence-corrected chi connectivity index (χ4v) is 1.14. The number of hydrogen-bond acceptors (Lipinski definition) is 3. The second-order valence-electron chi connectivity index (χ2n) is 3.19. The van der Waals surface area contributed by atoms with E-state index in [1.165, 1.54) is 0 Å². The smallest absolute Gasteiger partial charge is 0.0918 e. The van der Waals surface area contributed by atoms with Crippen molar-refractivity contribution in [2.24, 2.45) is 5.73 Å². The molecule has 0 radical (unpaired) electrons. The highest BCUT2D eigenvalue weighted by molar-refractivity contribution is 5.76. The van der Waals surface area contributed by atoms with Gasteiger partial charge >= 0.3 is 0 Å². The van der Waals surface area contributed by atoms with Crippen LogP contribution in [0, 0.1) is 5.41 Å². The number of nitrogens with two attached hydrogens (primary N) is 1. The molecule has 4 nitrogen and oxygen atoms in total. The minimum atomic E-state index is 0.182. The van der Waals surface area contributed by atoms with Crippen LogP contribution in [0.4, 0.5) is 0 Å². The first-order chi connectivity index (χ1) is 6.20. The molecule has 0 spiro atoms. The van der Waals surface area contributed by atoms with Crippen LogP contribution in [-0.4, -0.2) is 42.1 Å². The highest BCUT2D eigenvalue weighted by Gasteiger charge is 2.03. The fraction of sp³-hybridized carbons (Fsp3) is 0.889. The third-order valence-electron chi connectivity index (χ3n) is 1.94. The van der Waals surface area contributed by atoms with Gasteiger partial charge in [-0.2, -0.15) is 0 Å². The summed E-state index contributed by atoms with van der Waals surface area (Å²) in [5, 5.41) is 15.9. The maximum atomic E-state index is 8.77. The zero-order chi connectivity index (χ0) is 10.1. The molecule has 4 N–H and O–H groups in total. The van der Waals surface area contributed by atoms with E-state index < -0.39 is 0 Å². The van der Waals surface area contributed by atoms with Gasteiger partial charge in [0, 0.05) is 19.5 Å². The predicted octanol–water partition coefficient (Wildman–Crippen LogP) is 0.407. The number of aliphatic hydroxyl groups is 1. The molecular formula is C9H21N3O. The second kappa shape index (κ2) is 8.01. The number of hydrogen-bond donors (Lipinski definition) is 3. The van der Waals surface area contributed by atoms with Crippen molar-refractivity contribution in [3.8, 4) is 0 Å². The molecule has 0 atom stereocenters. The molecule has 0 aliphatic rings. The molecule has 0 saturated heterocycles. The van der Waals surface area contributed by atoms with Gasteiger partial charge in [-0.3, -0.25) is 5.41 Å². The van der Waals surface area contributed by atoms with Crippen molar-refractivity contribution in [3.63, 3.8) is 0 Å². The SMILES string of the molecule is CCCCN(CCO)CCC(=N)N. The van der Waals surface area contributed by atoms with E-state index >= 15 is 0 Å². The molecule has 0 heterocycles. The van der Waals surface area contributed by atoms with Gasteiger partial charge in [-0.15, -0.1) is 0 Å². The molecule has 0 bridgehead atoms. The van der Waals surface area contributed by atoms with Crippen molar-refractivity contribution in [2.75, 3.05) is 26.2 Å². The van der Waals surface area contributed by atoms with Gasteiger partial charge in [0.1, 0.15) is 0 Å². The van der Waals surface area contributed by atoms with Crippen molar-refractivity contribution >= 4 is 5.84 Å². The number of nitrogens with zero attached hydrogens (tertiary/aromatic N) is 1. The highest BCUT2D eigenvalue weighted by Crippen LogP contribution is 1.96. The number of aliphatic hydroxyl groups excluding tert-OH is 1. The van der Waals surface area contributed by atoms with E-state index in [4.69, 9.17) is 16.2 Å². The monoisotopic (exact) mass is 187 g/mol. The first kappa shape index (κ1) is 12.4. The Morgan fingerprint density at radius 1 is 1.38 bits per heavy atom. The summed E-state index contributed by atoms with van der Waals surface area (Å²) in [6.07, 6.45) is 2.89. The summed E-state index contributed by atoms with van der Waals surface area (Å²) in [4.78, 5) is 2.14. The van der Waals surface area contributed by atoms with Crippen molar-refractivity contribution in [1.82, 2.24) is 4.90 Å².